The van der Waals surface area contributed by atoms with Crippen molar-refractivity contribution in [2.24, 2.45) is 4.99 Å². The number of nitrogens with one attached hydrogen (secondary N) is 2. The van der Waals surface area contributed by atoms with Gasteiger partial charge in [-0.05, 0) is 64.4 Å². The van der Waals surface area contributed by atoms with Crippen LogP contribution in [0.2, 0.25) is 0 Å². The highest BCUT2D eigenvalue weighted by Gasteiger charge is 2.27. The lowest BCUT2D eigenvalue weighted by Crippen LogP contribution is -2.54. The summed E-state index contributed by atoms with van der Waals surface area (Å²) in [6, 6.07) is 6.00. The predicted octanol–water partition coefficient (Wildman–Crippen LogP) is 3.64. The number of halogens is 1. The van der Waals surface area contributed by atoms with E-state index in [-0.39, 0.29) is 29.5 Å². The summed E-state index contributed by atoms with van der Waals surface area (Å²) in [5.41, 5.74) is 1.23. The molecule has 0 aliphatic carbocycles. The zero-order valence-corrected chi connectivity index (χ0v) is 20.3. The maximum Gasteiger partial charge on any atom is 0.191 e. The maximum absolute atomic E-state index is 5.58. The van der Waals surface area contributed by atoms with E-state index in [1.54, 1.807) is 7.11 Å². The van der Waals surface area contributed by atoms with Crippen LogP contribution in [0.15, 0.2) is 23.2 Å². The smallest absolute Gasteiger partial charge is 0.191 e. The van der Waals surface area contributed by atoms with Crippen molar-refractivity contribution in [2.75, 3.05) is 40.4 Å². The minimum absolute atomic E-state index is 0. The summed E-state index contributed by atoms with van der Waals surface area (Å²) in [6.45, 7) is 11.1. The number of hydrogen-bond acceptors (Lipinski definition) is 4. The van der Waals surface area contributed by atoms with Gasteiger partial charge in [-0.2, -0.15) is 0 Å². The van der Waals surface area contributed by atoms with Crippen molar-refractivity contribution >= 4 is 29.9 Å². The van der Waals surface area contributed by atoms with Crippen LogP contribution in [0.3, 0.4) is 0 Å². The molecule has 1 saturated heterocycles. The summed E-state index contributed by atoms with van der Waals surface area (Å²) in [7, 11) is 3.47. The summed E-state index contributed by atoms with van der Waals surface area (Å²) in [4.78, 5) is 6.94. The quantitative estimate of drug-likeness (QED) is 0.322. The normalized spacial score (nSPS) is 15.5. The van der Waals surface area contributed by atoms with Crippen LogP contribution in [-0.4, -0.2) is 56.8 Å². The third kappa shape index (κ3) is 7.31. The van der Waals surface area contributed by atoms with E-state index in [9.17, 15) is 0 Å². The third-order valence-electron chi connectivity index (χ3n) is 5.11. The highest BCUT2D eigenvalue weighted by Crippen LogP contribution is 2.28. The Bertz CT molecular complexity index is 616. The molecule has 0 saturated carbocycles. The SMILES string of the molecule is CCOc1ccc(CNC(=NC)NCC(C)(C)N2CCCCC2)cc1OC.I. The van der Waals surface area contributed by atoms with E-state index in [1.165, 1.54) is 32.4 Å². The second kappa shape index (κ2) is 12.4. The molecule has 0 radical (unpaired) electrons. The summed E-state index contributed by atoms with van der Waals surface area (Å²) in [5, 5.41) is 6.87. The van der Waals surface area contributed by atoms with E-state index in [2.05, 4.69) is 34.4 Å². The Labute approximate surface area is 187 Å². The molecular weight excluding hydrogens is 467 g/mol. The van der Waals surface area contributed by atoms with Gasteiger partial charge in [0.1, 0.15) is 0 Å². The van der Waals surface area contributed by atoms with Gasteiger partial charge in [-0.3, -0.25) is 9.89 Å². The zero-order chi connectivity index (χ0) is 19.7. The van der Waals surface area contributed by atoms with E-state index in [1.807, 2.05) is 32.2 Å². The minimum Gasteiger partial charge on any atom is -0.493 e. The molecule has 2 rings (SSSR count). The number of aliphatic imine (C=N–C) groups is 1. The monoisotopic (exact) mass is 504 g/mol. The Kier molecular flexibility index (Phi) is 11.0. The number of likely N-dealkylation sites (tertiary alicyclic amines) is 1. The number of benzene rings is 1. The first-order valence-corrected chi connectivity index (χ1v) is 9.99. The van der Waals surface area contributed by atoms with Crippen LogP contribution in [0.4, 0.5) is 0 Å². The van der Waals surface area contributed by atoms with Crippen molar-refractivity contribution in [3.05, 3.63) is 23.8 Å². The molecule has 0 aromatic heterocycles. The van der Waals surface area contributed by atoms with E-state index in [4.69, 9.17) is 9.47 Å². The van der Waals surface area contributed by atoms with Crippen LogP contribution in [0.25, 0.3) is 0 Å². The predicted molar refractivity (Wildman–Crippen MR) is 127 cm³/mol. The van der Waals surface area contributed by atoms with Gasteiger partial charge in [0.15, 0.2) is 17.5 Å². The first-order chi connectivity index (χ1) is 13.0. The Morgan fingerprint density at radius 2 is 1.86 bits per heavy atom. The molecule has 28 heavy (non-hydrogen) atoms. The molecule has 0 spiro atoms. The number of rotatable bonds is 8. The average molecular weight is 504 g/mol. The molecule has 1 heterocycles. The van der Waals surface area contributed by atoms with Crippen LogP contribution in [-0.2, 0) is 6.54 Å². The van der Waals surface area contributed by atoms with Gasteiger partial charge >= 0.3 is 0 Å². The third-order valence-corrected chi connectivity index (χ3v) is 5.11. The number of ether oxygens (including phenoxy) is 2. The van der Waals surface area contributed by atoms with E-state index in [0.29, 0.717) is 13.2 Å². The molecule has 2 N–H and O–H groups in total. The first kappa shape index (κ1) is 24.8. The van der Waals surface area contributed by atoms with Gasteiger partial charge in [-0.25, -0.2) is 0 Å². The van der Waals surface area contributed by atoms with Crippen LogP contribution < -0.4 is 20.1 Å². The van der Waals surface area contributed by atoms with Crippen LogP contribution in [0.1, 0.15) is 45.6 Å². The van der Waals surface area contributed by atoms with Gasteiger partial charge in [0.2, 0.25) is 0 Å². The fourth-order valence-electron chi connectivity index (χ4n) is 3.41. The zero-order valence-electron chi connectivity index (χ0n) is 18.0. The largest absolute Gasteiger partial charge is 0.493 e. The molecule has 7 heteroatoms. The highest BCUT2D eigenvalue weighted by molar-refractivity contribution is 14.0. The molecule has 1 aromatic carbocycles. The summed E-state index contributed by atoms with van der Waals surface area (Å²) in [5.74, 6) is 2.34. The Morgan fingerprint density at radius 3 is 2.46 bits per heavy atom. The molecule has 0 bridgehead atoms. The second-order valence-electron chi connectivity index (χ2n) is 7.56. The Hall–Kier alpha value is -1.22. The standard InChI is InChI=1S/C21H36N4O2.HI/c1-6-27-18-11-10-17(14-19(18)26-5)15-23-20(22-4)24-16-21(2,3)25-12-8-7-9-13-25;/h10-11,14H,6-9,12-13,15-16H2,1-5H3,(H2,22,23,24);1H. The van der Waals surface area contributed by atoms with Crippen molar-refractivity contribution < 1.29 is 9.47 Å². The summed E-state index contributed by atoms with van der Waals surface area (Å²) in [6.07, 6.45) is 3.96. The number of hydrogen-bond donors (Lipinski definition) is 2. The van der Waals surface area contributed by atoms with Gasteiger partial charge in [0.25, 0.3) is 0 Å². The number of piperidine rings is 1. The molecule has 0 atom stereocenters. The molecule has 160 valence electrons. The van der Waals surface area contributed by atoms with Gasteiger partial charge in [0.05, 0.1) is 13.7 Å². The van der Waals surface area contributed by atoms with E-state index in [0.717, 1.165) is 29.6 Å². The Balaban J connectivity index is 0.00000392. The van der Waals surface area contributed by atoms with Crippen molar-refractivity contribution in [2.45, 2.75) is 52.1 Å². The molecule has 0 amide bonds. The molecule has 0 unspecified atom stereocenters. The molecule has 1 aliphatic heterocycles. The Morgan fingerprint density at radius 1 is 1.14 bits per heavy atom. The van der Waals surface area contributed by atoms with Crippen molar-refractivity contribution in [3.63, 3.8) is 0 Å². The molecule has 6 nitrogen and oxygen atoms in total. The fraction of sp³-hybridized carbons (Fsp3) is 0.667. The van der Waals surface area contributed by atoms with Crippen molar-refractivity contribution in [3.8, 4) is 11.5 Å². The van der Waals surface area contributed by atoms with Crippen molar-refractivity contribution in [1.82, 2.24) is 15.5 Å². The van der Waals surface area contributed by atoms with Gasteiger partial charge in [-0.15, -0.1) is 24.0 Å². The summed E-state index contributed by atoms with van der Waals surface area (Å²) < 4.78 is 11.0. The molecule has 1 aromatic rings. The average Bonchev–Trinajstić information content (AvgIpc) is 2.69. The van der Waals surface area contributed by atoms with Crippen LogP contribution in [0, 0.1) is 0 Å². The second-order valence-corrected chi connectivity index (χ2v) is 7.56. The van der Waals surface area contributed by atoms with Crippen LogP contribution in [0.5, 0.6) is 11.5 Å². The molecular formula is C21H37IN4O2. The van der Waals surface area contributed by atoms with Gasteiger partial charge < -0.3 is 20.1 Å². The van der Waals surface area contributed by atoms with Crippen LogP contribution >= 0.6 is 24.0 Å². The lowest BCUT2D eigenvalue weighted by Gasteiger charge is -2.41. The van der Waals surface area contributed by atoms with Gasteiger partial charge in [0, 0.05) is 25.7 Å². The molecule has 1 aliphatic rings. The topological polar surface area (TPSA) is 58.1 Å². The first-order valence-electron chi connectivity index (χ1n) is 9.99. The lowest BCUT2D eigenvalue weighted by molar-refractivity contribution is 0.0982. The van der Waals surface area contributed by atoms with Gasteiger partial charge in [-0.1, -0.05) is 12.5 Å². The highest BCUT2D eigenvalue weighted by atomic mass is 127. The van der Waals surface area contributed by atoms with E-state index < -0.39 is 0 Å². The summed E-state index contributed by atoms with van der Waals surface area (Å²) >= 11 is 0. The maximum atomic E-state index is 5.58. The van der Waals surface area contributed by atoms with Crippen molar-refractivity contribution in [1.29, 1.82) is 0 Å². The number of guanidine groups is 1. The fourth-order valence-corrected chi connectivity index (χ4v) is 3.41. The lowest BCUT2D eigenvalue weighted by atomic mass is 9.98. The molecule has 1 fully saturated rings. The number of nitrogens with zero attached hydrogens (tertiary/aromatic N) is 2. The number of methoxy groups -OCH3 is 1. The minimum atomic E-state index is 0. The van der Waals surface area contributed by atoms with E-state index >= 15 is 0 Å².